The third-order valence-corrected chi connectivity index (χ3v) is 2.46. The van der Waals surface area contributed by atoms with E-state index >= 15 is 0 Å². The SMILES string of the molecule is CCCCCCCCC(C)(N)CO. The van der Waals surface area contributed by atoms with Gasteiger partial charge < -0.3 is 10.8 Å². The Labute approximate surface area is 82.5 Å². The van der Waals surface area contributed by atoms with E-state index in [1.165, 1.54) is 32.1 Å². The zero-order valence-electron chi connectivity index (χ0n) is 9.18. The van der Waals surface area contributed by atoms with Crippen LogP contribution in [0.25, 0.3) is 0 Å². The highest BCUT2D eigenvalue weighted by Crippen LogP contribution is 2.12. The molecule has 0 aliphatic heterocycles. The van der Waals surface area contributed by atoms with Gasteiger partial charge in [0, 0.05) is 5.54 Å². The minimum absolute atomic E-state index is 0.0992. The van der Waals surface area contributed by atoms with Crippen LogP contribution in [0.4, 0.5) is 0 Å². The average Bonchev–Trinajstić information content (AvgIpc) is 2.11. The zero-order valence-corrected chi connectivity index (χ0v) is 9.18. The minimum Gasteiger partial charge on any atom is -0.394 e. The number of hydrogen-bond donors (Lipinski definition) is 2. The molecule has 13 heavy (non-hydrogen) atoms. The third kappa shape index (κ3) is 8.26. The van der Waals surface area contributed by atoms with Crippen LogP contribution >= 0.6 is 0 Å². The number of aliphatic hydroxyl groups excluding tert-OH is 1. The first-order valence-corrected chi connectivity index (χ1v) is 5.52. The van der Waals surface area contributed by atoms with Gasteiger partial charge in [-0.25, -0.2) is 0 Å². The number of unbranched alkanes of at least 4 members (excludes halogenated alkanes) is 5. The standard InChI is InChI=1S/C11H25NO/c1-3-4-5-6-7-8-9-11(2,12)10-13/h13H,3-10,12H2,1-2H3. The molecular weight excluding hydrogens is 162 g/mol. The van der Waals surface area contributed by atoms with Gasteiger partial charge in [0.05, 0.1) is 6.61 Å². The fraction of sp³-hybridized carbons (Fsp3) is 1.00. The summed E-state index contributed by atoms with van der Waals surface area (Å²) in [5.74, 6) is 0. The summed E-state index contributed by atoms with van der Waals surface area (Å²) >= 11 is 0. The normalized spacial score (nSPS) is 15.7. The van der Waals surface area contributed by atoms with Crippen LogP contribution in [-0.2, 0) is 0 Å². The van der Waals surface area contributed by atoms with Crippen molar-refractivity contribution in [2.45, 2.75) is 64.3 Å². The van der Waals surface area contributed by atoms with Crippen molar-refractivity contribution in [1.82, 2.24) is 0 Å². The number of nitrogens with two attached hydrogens (primary N) is 1. The lowest BCUT2D eigenvalue weighted by atomic mass is 9.96. The molecule has 0 radical (unpaired) electrons. The molecule has 0 aliphatic rings. The lowest BCUT2D eigenvalue weighted by Crippen LogP contribution is -2.39. The lowest BCUT2D eigenvalue weighted by Gasteiger charge is -2.21. The van der Waals surface area contributed by atoms with Crippen LogP contribution in [-0.4, -0.2) is 17.3 Å². The molecule has 3 N–H and O–H groups in total. The van der Waals surface area contributed by atoms with Crippen molar-refractivity contribution in [2.75, 3.05) is 6.61 Å². The van der Waals surface area contributed by atoms with Crippen molar-refractivity contribution in [3.63, 3.8) is 0 Å². The molecule has 0 aromatic rings. The number of aliphatic hydroxyl groups is 1. The van der Waals surface area contributed by atoms with Crippen molar-refractivity contribution in [1.29, 1.82) is 0 Å². The first kappa shape index (κ1) is 12.9. The van der Waals surface area contributed by atoms with E-state index < -0.39 is 0 Å². The van der Waals surface area contributed by atoms with E-state index in [1.54, 1.807) is 0 Å². The molecule has 1 unspecified atom stereocenters. The van der Waals surface area contributed by atoms with Crippen LogP contribution in [0, 0.1) is 0 Å². The lowest BCUT2D eigenvalue weighted by molar-refractivity contribution is 0.197. The highest BCUT2D eigenvalue weighted by Gasteiger charge is 2.15. The molecule has 0 spiro atoms. The molecular formula is C11H25NO. The third-order valence-electron chi connectivity index (χ3n) is 2.46. The summed E-state index contributed by atoms with van der Waals surface area (Å²) in [6, 6.07) is 0. The average molecular weight is 187 g/mol. The van der Waals surface area contributed by atoms with E-state index in [0.29, 0.717) is 0 Å². The van der Waals surface area contributed by atoms with Gasteiger partial charge >= 0.3 is 0 Å². The predicted octanol–water partition coefficient (Wildman–Crippen LogP) is 2.45. The zero-order chi connectivity index (χ0) is 10.2. The molecule has 0 saturated carbocycles. The summed E-state index contributed by atoms with van der Waals surface area (Å²) in [5, 5.41) is 8.91. The second-order valence-corrected chi connectivity index (χ2v) is 4.33. The van der Waals surface area contributed by atoms with Gasteiger partial charge in [-0.15, -0.1) is 0 Å². The summed E-state index contributed by atoms with van der Waals surface area (Å²) < 4.78 is 0. The van der Waals surface area contributed by atoms with Gasteiger partial charge in [0.2, 0.25) is 0 Å². The molecule has 0 rings (SSSR count). The molecule has 0 aromatic carbocycles. The van der Waals surface area contributed by atoms with Crippen molar-refractivity contribution in [3.05, 3.63) is 0 Å². The molecule has 0 fully saturated rings. The van der Waals surface area contributed by atoms with E-state index in [4.69, 9.17) is 10.8 Å². The Morgan fingerprint density at radius 2 is 1.62 bits per heavy atom. The van der Waals surface area contributed by atoms with E-state index in [0.717, 1.165) is 12.8 Å². The molecule has 0 heterocycles. The van der Waals surface area contributed by atoms with Crippen LogP contribution in [0.2, 0.25) is 0 Å². The number of rotatable bonds is 8. The Kier molecular flexibility index (Phi) is 7.29. The molecule has 0 aromatic heterocycles. The molecule has 0 saturated heterocycles. The predicted molar refractivity (Wildman–Crippen MR) is 57.7 cm³/mol. The maximum absolute atomic E-state index is 8.91. The number of hydrogen-bond acceptors (Lipinski definition) is 2. The first-order chi connectivity index (χ1) is 6.12. The van der Waals surface area contributed by atoms with Crippen LogP contribution in [0.5, 0.6) is 0 Å². The van der Waals surface area contributed by atoms with E-state index in [1.807, 2.05) is 6.92 Å². The molecule has 0 bridgehead atoms. The van der Waals surface area contributed by atoms with E-state index in [-0.39, 0.29) is 12.1 Å². The van der Waals surface area contributed by atoms with Crippen molar-refractivity contribution in [3.8, 4) is 0 Å². The topological polar surface area (TPSA) is 46.2 Å². The Morgan fingerprint density at radius 3 is 2.15 bits per heavy atom. The first-order valence-electron chi connectivity index (χ1n) is 5.52. The Hall–Kier alpha value is -0.0800. The molecule has 2 heteroatoms. The highest BCUT2D eigenvalue weighted by atomic mass is 16.3. The van der Waals surface area contributed by atoms with Gasteiger partial charge in [-0.05, 0) is 13.3 Å². The second-order valence-electron chi connectivity index (χ2n) is 4.33. The van der Waals surface area contributed by atoms with Crippen LogP contribution in [0.15, 0.2) is 0 Å². The molecule has 1 atom stereocenters. The largest absolute Gasteiger partial charge is 0.394 e. The van der Waals surface area contributed by atoms with Gasteiger partial charge in [0.25, 0.3) is 0 Å². The Bertz CT molecular complexity index is 113. The smallest absolute Gasteiger partial charge is 0.0608 e. The van der Waals surface area contributed by atoms with Gasteiger partial charge in [0.15, 0.2) is 0 Å². The van der Waals surface area contributed by atoms with Crippen LogP contribution in [0.1, 0.15) is 58.8 Å². The molecule has 80 valence electrons. The molecule has 0 amide bonds. The van der Waals surface area contributed by atoms with E-state index in [2.05, 4.69) is 6.92 Å². The second kappa shape index (κ2) is 7.34. The van der Waals surface area contributed by atoms with Gasteiger partial charge in [0.1, 0.15) is 0 Å². The van der Waals surface area contributed by atoms with Gasteiger partial charge in [-0.1, -0.05) is 45.4 Å². The quantitative estimate of drug-likeness (QED) is 0.573. The summed E-state index contributed by atoms with van der Waals surface area (Å²) in [5.41, 5.74) is 5.45. The maximum Gasteiger partial charge on any atom is 0.0608 e. The summed E-state index contributed by atoms with van der Waals surface area (Å²) in [7, 11) is 0. The maximum atomic E-state index is 8.91. The minimum atomic E-state index is -0.356. The van der Waals surface area contributed by atoms with E-state index in [9.17, 15) is 0 Å². The molecule has 2 nitrogen and oxygen atoms in total. The Balaban J connectivity index is 3.16. The summed E-state index contributed by atoms with van der Waals surface area (Å²) in [4.78, 5) is 0. The van der Waals surface area contributed by atoms with Crippen molar-refractivity contribution < 1.29 is 5.11 Å². The Morgan fingerprint density at radius 1 is 1.08 bits per heavy atom. The highest BCUT2D eigenvalue weighted by molar-refractivity contribution is 4.76. The fourth-order valence-corrected chi connectivity index (χ4v) is 1.39. The fourth-order valence-electron chi connectivity index (χ4n) is 1.39. The van der Waals surface area contributed by atoms with Crippen molar-refractivity contribution >= 4 is 0 Å². The van der Waals surface area contributed by atoms with Crippen LogP contribution in [0.3, 0.4) is 0 Å². The van der Waals surface area contributed by atoms with Gasteiger partial charge in [-0.3, -0.25) is 0 Å². The van der Waals surface area contributed by atoms with Crippen LogP contribution < -0.4 is 5.73 Å². The summed E-state index contributed by atoms with van der Waals surface area (Å²) in [6.07, 6.45) is 8.65. The summed E-state index contributed by atoms with van der Waals surface area (Å²) in [6.45, 7) is 4.24. The van der Waals surface area contributed by atoms with Gasteiger partial charge in [-0.2, -0.15) is 0 Å². The molecule has 0 aliphatic carbocycles. The van der Waals surface area contributed by atoms with Crippen molar-refractivity contribution in [2.24, 2.45) is 5.73 Å². The monoisotopic (exact) mass is 187 g/mol.